The molecular formula is C22H19ClF3NO3. The van der Waals surface area contributed by atoms with Gasteiger partial charge in [0.15, 0.2) is 6.73 Å². The quantitative estimate of drug-likeness (QED) is 0.458. The molecule has 158 valence electrons. The van der Waals surface area contributed by atoms with Gasteiger partial charge in [0.2, 0.25) is 0 Å². The molecule has 0 spiro atoms. The molecule has 0 amide bonds. The summed E-state index contributed by atoms with van der Waals surface area (Å²) in [5, 5.41) is 1.11. The molecule has 0 N–H and O–H groups in total. The lowest BCUT2D eigenvalue weighted by Gasteiger charge is -2.32. The van der Waals surface area contributed by atoms with Crippen molar-refractivity contribution in [1.29, 1.82) is 0 Å². The normalized spacial score (nSPS) is 14.0. The third kappa shape index (κ3) is 3.86. The Balaban J connectivity index is 1.80. The molecule has 0 saturated heterocycles. The highest BCUT2D eigenvalue weighted by Crippen LogP contribution is 2.41. The molecule has 0 unspecified atom stereocenters. The smallest absolute Gasteiger partial charge is 0.416 e. The Morgan fingerprint density at radius 1 is 1.20 bits per heavy atom. The van der Waals surface area contributed by atoms with Crippen molar-refractivity contribution in [3.05, 3.63) is 68.5 Å². The number of hydrogen-bond donors (Lipinski definition) is 0. The van der Waals surface area contributed by atoms with Crippen molar-refractivity contribution in [2.45, 2.75) is 38.9 Å². The first-order valence-electron chi connectivity index (χ1n) is 9.61. The van der Waals surface area contributed by atoms with Crippen LogP contribution in [0.3, 0.4) is 0 Å². The first-order chi connectivity index (χ1) is 14.3. The fraction of sp³-hybridized carbons (Fsp3) is 0.318. The molecule has 0 aliphatic carbocycles. The second-order valence-electron chi connectivity index (χ2n) is 7.26. The number of alkyl halides is 3. The highest BCUT2D eigenvalue weighted by Gasteiger charge is 2.32. The monoisotopic (exact) mass is 437 g/mol. The number of fused-ring (bicyclic) bond motifs is 3. The van der Waals surface area contributed by atoms with Gasteiger partial charge in [-0.1, -0.05) is 31.0 Å². The highest BCUT2D eigenvalue weighted by molar-refractivity contribution is 6.33. The van der Waals surface area contributed by atoms with Crippen molar-refractivity contribution in [1.82, 2.24) is 0 Å². The second-order valence-corrected chi connectivity index (χ2v) is 7.66. The topological polar surface area (TPSA) is 42.7 Å². The van der Waals surface area contributed by atoms with Crippen LogP contribution in [0.25, 0.3) is 11.0 Å². The molecule has 2 aromatic carbocycles. The predicted molar refractivity (Wildman–Crippen MR) is 109 cm³/mol. The van der Waals surface area contributed by atoms with E-state index in [0.717, 1.165) is 35.9 Å². The lowest BCUT2D eigenvalue weighted by Crippen LogP contribution is -2.32. The third-order valence-electron chi connectivity index (χ3n) is 5.17. The number of rotatable bonds is 4. The molecule has 0 fully saturated rings. The molecule has 0 atom stereocenters. The maximum Gasteiger partial charge on any atom is 0.416 e. The lowest BCUT2D eigenvalue weighted by molar-refractivity contribution is -0.137. The molecule has 8 heteroatoms. The van der Waals surface area contributed by atoms with Crippen LogP contribution in [0.5, 0.6) is 5.75 Å². The number of benzene rings is 2. The fourth-order valence-electron chi connectivity index (χ4n) is 3.67. The number of ether oxygens (including phenoxy) is 1. The van der Waals surface area contributed by atoms with Crippen LogP contribution in [0.1, 0.15) is 36.5 Å². The van der Waals surface area contributed by atoms with Crippen molar-refractivity contribution in [2.24, 2.45) is 0 Å². The fourth-order valence-corrected chi connectivity index (χ4v) is 3.95. The molecule has 0 bridgehead atoms. The van der Waals surface area contributed by atoms with Crippen LogP contribution < -0.4 is 15.3 Å². The summed E-state index contributed by atoms with van der Waals surface area (Å²) in [6, 6.07) is 8.22. The minimum atomic E-state index is -4.44. The van der Waals surface area contributed by atoms with Crippen molar-refractivity contribution in [3.63, 3.8) is 0 Å². The maximum atomic E-state index is 13.1. The molecule has 0 saturated carbocycles. The molecule has 1 aliphatic rings. The van der Waals surface area contributed by atoms with Crippen LogP contribution in [0.4, 0.5) is 18.9 Å². The summed E-state index contributed by atoms with van der Waals surface area (Å²) < 4.78 is 50.6. The van der Waals surface area contributed by atoms with E-state index in [2.05, 4.69) is 6.92 Å². The SMILES string of the molecule is CCCCc1cc(=O)oc2c3c(c(Cl)cc12)OCN(c1cccc(C(F)(F)F)c1)C3. The van der Waals surface area contributed by atoms with E-state index in [0.29, 0.717) is 34.0 Å². The first kappa shape index (κ1) is 20.6. The zero-order valence-electron chi connectivity index (χ0n) is 16.2. The number of unbranched alkanes of at least 4 members (excludes halogenated alkanes) is 1. The first-order valence-corrected chi connectivity index (χ1v) is 9.99. The van der Waals surface area contributed by atoms with Crippen LogP contribution in [-0.2, 0) is 19.1 Å². The van der Waals surface area contributed by atoms with E-state index in [-0.39, 0.29) is 13.3 Å². The summed E-state index contributed by atoms with van der Waals surface area (Å²) in [7, 11) is 0. The van der Waals surface area contributed by atoms with Gasteiger partial charge in [0, 0.05) is 17.1 Å². The summed E-state index contributed by atoms with van der Waals surface area (Å²) >= 11 is 6.43. The number of aryl methyl sites for hydroxylation is 1. The van der Waals surface area contributed by atoms with E-state index in [1.807, 2.05) is 0 Å². The van der Waals surface area contributed by atoms with Crippen LogP contribution in [0, 0.1) is 0 Å². The van der Waals surface area contributed by atoms with Gasteiger partial charge in [-0.15, -0.1) is 0 Å². The van der Waals surface area contributed by atoms with E-state index >= 15 is 0 Å². The van der Waals surface area contributed by atoms with Gasteiger partial charge >= 0.3 is 11.8 Å². The van der Waals surface area contributed by atoms with Gasteiger partial charge in [0.1, 0.15) is 11.3 Å². The van der Waals surface area contributed by atoms with Crippen molar-refractivity contribution in [3.8, 4) is 5.75 Å². The van der Waals surface area contributed by atoms with Gasteiger partial charge < -0.3 is 14.1 Å². The number of anilines is 1. The van der Waals surface area contributed by atoms with Crippen LogP contribution >= 0.6 is 11.6 Å². The van der Waals surface area contributed by atoms with Crippen molar-refractivity contribution in [2.75, 3.05) is 11.6 Å². The van der Waals surface area contributed by atoms with E-state index in [1.54, 1.807) is 17.0 Å². The summed E-state index contributed by atoms with van der Waals surface area (Å²) in [5.41, 5.74) is 0.891. The van der Waals surface area contributed by atoms with E-state index in [1.165, 1.54) is 12.1 Å². The number of hydrogen-bond acceptors (Lipinski definition) is 4. The summed E-state index contributed by atoms with van der Waals surface area (Å²) in [6.45, 7) is 2.29. The Labute approximate surface area is 175 Å². The lowest BCUT2D eigenvalue weighted by atomic mass is 10.0. The van der Waals surface area contributed by atoms with Crippen LogP contribution in [0.15, 0.2) is 45.6 Å². The summed E-state index contributed by atoms with van der Waals surface area (Å²) in [4.78, 5) is 13.8. The van der Waals surface area contributed by atoms with E-state index < -0.39 is 17.4 Å². The zero-order valence-corrected chi connectivity index (χ0v) is 16.9. The van der Waals surface area contributed by atoms with E-state index in [9.17, 15) is 18.0 Å². The average Bonchev–Trinajstić information content (AvgIpc) is 2.72. The molecule has 2 heterocycles. The standard InChI is InChI=1S/C22H19ClF3NO3/c1-2-3-5-13-8-19(28)30-20-16(13)10-18(23)21-17(20)11-27(12-29-21)15-7-4-6-14(9-15)22(24,25)26/h4,6-10H,2-3,5,11-12H2,1H3. The second kappa shape index (κ2) is 7.87. The third-order valence-corrected chi connectivity index (χ3v) is 5.45. The molecule has 4 nitrogen and oxygen atoms in total. The minimum Gasteiger partial charge on any atom is -0.471 e. The summed E-state index contributed by atoms with van der Waals surface area (Å²) in [5.74, 6) is 0.392. The van der Waals surface area contributed by atoms with Crippen molar-refractivity contribution < 1.29 is 22.3 Å². The molecular weight excluding hydrogens is 419 g/mol. The Morgan fingerprint density at radius 3 is 2.73 bits per heavy atom. The molecule has 3 aromatic rings. The largest absolute Gasteiger partial charge is 0.471 e. The average molecular weight is 438 g/mol. The van der Waals surface area contributed by atoms with Gasteiger partial charge in [-0.3, -0.25) is 0 Å². The Morgan fingerprint density at radius 2 is 2.00 bits per heavy atom. The van der Waals surface area contributed by atoms with Crippen LogP contribution in [-0.4, -0.2) is 6.73 Å². The molecule has 0 radical (unpaired) electrons. The molecule has 1 aromatic heterocycles. The predicted octanol–water partition coefficient (Wildman–Crippen LogP) is 6.16. The molecule has 1 aliphatic heterocycles. The van der Waals surface area contributed by atoms with Gasteiger partial charge in [0.05, 0.1) is 22.7 Å². The van der Waals surface area contributed by atoms with Crippen LogP contribution in [0.2, 0.25) is 5.02 Å². The zero-order chi connectivity index (χ0) is 21.5. The number of nitrogens with zero attached hydrogens (tertiary/aromatic N) is 1. The minimum absolute atomic E-state index is 0.0271. The Bertz CT molecular complexity index is 1160. The highest BCUT2D eigenvalue weighted by atomic mass is 35.5. The van der Waals surface area contributed by atoms with E-state index in [4.69, 9.17) is 20.8 Å². The van der Waals surface area contributed by atoms with Gasteiger partial charge in [-0.2, -0.15) is 13.2 Å². The Kier molecular flexibility index (Phi) is 5.40. The molecule has 4 rings (SSSR count). The molecule has 30 heavy (non-hydrogen) atoms. The maximum absolute atomic E-state index is 13.1. The van der Waals surface area contributed by atoms with Gasteiger partial charge in [-0.25, -0.2) is 4.79 Å². The Hall–Kier alpha value is -2.67. The number of halogens is 4. The van der Waals surface area contributed by atoms with Gasteiger partial charge in [0.25, 0.3) is 0 Å². The summed E-state index contributed by atoms with van der Waals surface area (Å²) in [6.07, 6.45) is -1.87. The van der Waals surface area contributed by atoms with Gasteiger partial charge in [-0.05, 0) is 42.7 Å². The van der Waals surface area contributed by atoms with Crippen molar-refractivity contribution >= 4 is 28.3 Å².